The zero-order chi connectivity index (χ0) is 7.84. The van der Waals surface area contributed by atoms with Crippen LogP contribution in [0.25, 0.3) is 0 Å². The molecule has 2 rings (SSSR count). The Morgan fingerprint density at radius 3 is 3.18 bits per heavy atom. The lowest BCUT2D eigenvalue weighted by Crippen LogP contribution is -2.15. The van der Waals surface area contributed by atoms with Gasteiger partial charge in [0.1, 0.15) is 0 Å². The molecule has 1 aromatic rings. The Morgan fingerprint density at radius 1 is 1.55 bits per heavy atom. The molecule has 60 valence electrons. The third-order valence-corrected chi connectivity index (χ3v) is 2.07. The van der Waals surface area contributed by atoms with E-state index >= 15 is 0 Å². The molecule has 0 unspecified atom stereocenters. The maximum atomic E-state index is 3.32. The maximum Gasteiger partial charge on any atom is 0.0874 e. The molecular weight excluding hydrogens is 136 g/mol. The van der Waals surface area contributed by atoms with E-state index in [2.05, 4.69) is 42.4 Å². The molecule has 0 amide bonds. The van der Waals surface area contributed by atoms with Gasteiger partial charge in [0.15, 0.2) is 0 Å². The minimum absolute atomic E-state index is 0. The smallest absolute Gasteiger partial charge is 0.0874 e. The van der Waals surface area contributed by atoms with E-state index in [4.69, 9.17) is 0 Å². The van der Waals surface area contributed by atoms with Crippen molar-refractivity contribution in [3.05, 3.63) is 23.8 Å². The molecule has 0 aliphatic carbocycles. The minimum Gasteiger partial charge on any atom is -0.366 e. The van der Waals surface area contributed by atoms with Crippen LogP contribution in [0.2, 0.25) is 0 Å². The molecule has 0 atom stereocenters. The number of hydrogen-bond acceptors (Lipinski definition) is 2. The van der Waals surface area contributed by atoms with Gasteiger partial charge in [-0.05, 0) is 24.6 Å². The highest BCUT2D eigenvalue weighted by atomic mass is 15.3. The lowest BCUT2D eigenvalue weighted by Gasteiger charge is -2.08. The van der Waals surface area contributed by atoms with Crippen molar-refractivity contribution in [1.29, 1.82) is 0 Å². The largest absolute Gasteiger partial charge is 0.366 e. The van der Waals surface area contributed by atoms with E-state index in [1.54, 1.807) is 0 Å². The summed E-state index contributed by atoms with van der Waals surface area (Å²) in [7, 11) is 2.09. The summed E-state index contributed by atoms with van der Waals surface area (Å²) in [6, 6.07) is 6.48. The summed E-state index contributed by atoms with van der Waals surface area (Å²) in [5.74, 6) is 0. The van der Waals surface area contributed by atoms with E-state index in [9.17, 15) is 0 Å². The van der Waals surface area contributed by atoms with Crippen molar-refractivity contribution >= 4 is 11.4 Å². The summed E-state index contributed by atoms with van der Waals surface area (Å²) in [6.07, 6.45) is 0. The summed E-state index contributed by atoms with van der Waals surface area (Å²) >= 11 is 0. The van der Waals surface area contributed by atoms with Gasteiger partial charge >= 0.3 is 0 Å². The fourth-order valence-corrected chi connectivity index (χ4v) is 1.41. The molecule has 1 aliphatic heterocycles. The average molecular weight is 150 g/mol. The van der Waals surface area contributed by atoms with Gasteiger partial charge in [0.2, 0.25) is 0 Å². The highest BCUT2D eigenvalue weighted by molar-refractivity contribution is 5.74. The van der Waals surface area contributed by atoms with Crippen molar-refractivity contribution in [2.75, 3.05) is 23.9 Å². The second-order valence-electron chi connectivity index (χ2n) is 3.05. The first kappa shape index (κ1) is 6.53. The van der Waals surface area contributed by atoms with Crippen LogP contribution in [-0.2, 0) is 0 Å². The Hall–Kier alpha value is -1.18. The van der Waals surface area contributed by atoms with Crippen LogP contribution in [0, 0.1) is 6.92 Å². The Morgan fingerprint density at radius 2 is 2.36 bits per heavy atom. The molecule has 0 spiro atoms. The van der Waals surface area contributed by atoms with Crippen LogP contribution in [0.15, 0.2) is 18.2 Å². The lowest BCUT2D eigenvalue weighted by molar-refractivity contribution is 1.03. The van der Waals surface area contributed by atoms with E-state index in [1.165, 1.54) is 16.9 Å². The molecule has 11 heavy (non-hydrogen) atoms. The molecule has 0 aromatic heterocycles. The summed E-state index contributed by atoms with van der Waals surface area (Å²) in [4.78, 5) is 2.20. The van der Waals surface area contributed by atoms with Crippen LogP contribution in [0.1, 0.15) is 6.99 Å². The molecule has 0 radical (unpaired) electrons. The topological polar surface area (TPSA) is 15.3 Å². The van der Waals surface area contributed by atoms with Gasteiger partial charge in [0.05, 0.1) is 18.0 Å². The van der Waals surface area contributed by atoms with Crippen LogP contribution >= 0.6 is 0 Å². The summed E-state index contributed by atoms with van der Waals surface area (Å²) in [5.41, 5.74) is 3.87. The lowest BCUT2D eigenvalue weighted by atomic mass is 10.2. The van der Waals surface area contributed by atoms with E-state index in [1.807, 2.05) is 0 Å². The van der Waals surface area contributed by atoms with Gasteiger partial charge in [-0.3, -0.25) is 0 Å². The van der Waals surface area contributed by atoms with Crippen LogP contribution < -0.4 is 10.2 Å². The Balaban J connectivity index is 0.000000720. The monoisotopic (exact) mass is 150 g/mol. The van der Waals surface area contributed by atoms with E-state index in [0.717, 1.165) is 6.67 Å². The molecule has 0 fully saturated rings. The first-order valence-electron chi connectivity index (χ1n) is 3.83. The number of fused-ring (bicyclic) bond motifs is 1. The normalized spacial score (nSPS) is 14.5. The molecular formula is C9H14N2. The number of benzene rings is 1. The molecule has 1 aromatic carbocycles. The predicted octanol–water partition coefficient (Wildman–Crippen LogP) is 2.06. The van der Waals surface area contributed by atoms with E-state index in [0.29, 0.717) is 0 Å². The zero-order valence-corrected chi connectivity index (χ0v) is 6.89. The minimum atomic E-state index is 0. The molecule has 0 saturated carbocycles. The van der Waals surface area contributed by atoms with Gasteiger partial charge in [-0.25, -0.2) is 0 Å². The second kappa shape index (κ2) is 2.16. The maximum absolute atomic E-state index is 3.32. The highest BCUT2D eigenvalue weighted by Gasteiger charge is 2.13. The van der Waals surface area contributed by atoms with Crippen LogP contribution in [0.4, 0.5) is 11.4 Å². The third kappa shape index (κ3) is 0.946. The van der Waals surface area contributed by atoms with Crippen molar-refractivity contribution in [3.63, 3.8) is 0 Å². The van der Waals surface area contributed by atoms with Gasteiger partial charge in [0.25, 0.3) is 0 Å². The fourth-order valence-electron chi connectivity index (χ4n) is 1.41. The number of hydrogen-bond donors (Lipinski definition) is 1. The second-order valence-corrected chi connectivity index (χ2v) is 3.05. The summed E-state index contributed by atoms with van der Waals surface area (Å²) < 4.78 is 0. The van der Waals surface area contributed by atoms with Crippen molar-refractivity contribution in [2.45, 2.75) is 6.92 Å². The van der Waals surface area contributed by atoms with Crippen LogP contribution in [0.5, 0.6) is 0 Å². The Bertz CT molecular complexity index is 286. The number of rotatable bonds is 0. The molecule has 0 bridgehead atoms. The molecule has 1 N–H and O–H groups in total. The number of nitrogens with zero attached hydrogens (tertiary/aromatic N) is 1. The van der Waals surface area contributed by atoms with Crippen molar-refractivity contribution in [3.8, 4) is 0 Å². The van der Waals surface area contributed by atoms with Crippen molar-refractivity contribution in [2.24, 2.45) is 0 Å². The molecule has 0 saturated heterocycles. The number of nitrogens with one attached hydrogen (secondary N) is 1. The average Bonchev–Trinajstić information content (AvgIpc) is 2.32. The van der Waals surface area contributed by atoms with Gasteiger partial charge in [-0.2, -0.15) is 0 Å². The predicted molar refractivity (Wildman–Crippen MR) is 50.2 cm³/mol. The molecule has 1 heterocycles. The van der Waals surface area contributed by atoms with Gasteiger partial charge in [0, 0.05) is 8.47 Å². The number of aryl methyl sites for hydroxylation is 1. The molecule has 2 nitrogen and oxygen atoms in total. The highest BCUT2D eigenvalue weighted by Crippen LogP contribution is 2.30. The SMILES string of the molecule is Cc1ccc2c(c1)NCN2C.[HH]. The van der Waals surface area contributed by atoms with Crippen molar-refractivity contribution in [1.82, 2.24) is 0 Å². The first-order valence-corrected chi connectivity index (χ1v) is 3.83. The number of anilines is 2. The molecule has 1 aliphatic rings. The quantitative estimate of drug-likeness (QED) is 0.609. The van der Waals surface area contributed by atoms with Gasteiger partial charge in [-0.1, -0.05) is 6.07 Å². The summed E-state index contributed by atoms with van der Waals surface area (Å²) in [6.45, 7) is 3.04. The molecule has 2 heteroatoms. The zero-order valence-electron chi connectivity index (χ0n) is 6.89. The van der Waals surface area contributed by atoms with Gasteiger partial charge < -0.3 is 10.2 Å². The Kier molecular flexibility index (Phi) is 1.28. The van der Waals surface area contributed by atoms with Gasteiger partial charge in [-0.15, -0.1) is 0 Å². The van der Waals surface area contributed by atoms with Crippen LogP contribution in [-0.4, -0.2) is 13.7 Å². The summed E-state index contributed by atoms with van der Waals surface area (Å²) in [5, 5.41) is 3.32. The van der Waals surface area contributed by atoms with Crippen LogP contribution in [0.3, 0.4) is 0 Å². The fraction of sp³-hybridized carbons (Fsp3) is 0.333. The Labute approximate surface area is 68.3 Å². The van der Waals surface area contributed by atoms with E-state index < -0.39 is 0 Å². The third-order valence-electron chi connectivity index (χ3n) is 2.07. The standard InChI is InChI=1S/C9H12N2.H2/c1-7-3-4-9-8(5-7)10-6-11(9)2;/h3-5,10H,6H2,1-2H3;1H. The van der Waals surface area contributed by atoms with E-state index in [-0.39, 0.29) is 1.43 Å². The first-order chi connectivity index (χ1) is 5.27. The van der Waals surface area contributed by atoms with Crippen molar-refractivity contribution < 1.29 is 1.43 Å².